The van der Waals surface area contributed by atoms with Crippen LogP contribution in [0.2, 0.25) is 0 Å². The summed E-state index contributed by atoms with van der Waals surface area (Å²) in [7, 11) is 0. The molecule has 1 N–H and O–H groups in total. The molecule has 0 saturated carbocycles. The molecule has 0 aromatic rings. The molecular weight excluding hydrogens is 330 g/mol. The number of carbonyl (C=O) groups excluding carboxylic acids is 2. The Bertz CT molecular complexity index is 458. The van der Waals surface area contributed by atoms with Gasteiger partial charge in [-0.05, 0) is 11.3 Å². The molecule has 0 bridgehead atoms. The lowest BCUT2D eigenvalue weighted by atomic mass is 9.84. The predicted molar refractivity (Wildman–Crippen MR) is 68.1 cm³/mol. The molecule has 1 aliphatic rings. The normalized spacial score (nSPS) is 21.7. The Labute approximate surface area is 129 Å². The number of alkyl halides is 6. The standard InChI is InChI=1S/C13H18F6N2O2/c1-7-5-21(6-11(7,2)3)8(22)4-20-10(23)9(12(14,15)16)13(17,18)19/h7,9H,4-6H2,1-3H3,(H,20,23). The van der Waals surface area contributed by atoms with Crippen LogP contribution in [0.5, 0.6) is 0 Å². The van der Waals surface area contributed by atoms with Crippen LogP contribution in [0.15, 0.2) is 0 Å². The van der Waals surface area contributed by atoms with Crippen LogP contribution in [0.25, 0.3) is 0 Å². The molecule has 1 unspecified atom stereocenters. The molecule has 134 valence electrons. The van der Waals surface area contributed by atoms with Crippen LogP contribution >= 0.6 is 0 Å². The van der Waals surface area contributed by atoms with E-state index < -0.39 is 36.6 Å². The van der Waals surface area contributed by atoms with Crippen molar-refractivity contribution in [3.05, 3.63) is 0 Å². The van der Waals surface area contributed by atoms with Gasteiger partial charge in [0.1, 0.15) is 0 Å². The van der Waals surface area contributed by atoms with Crippen molar-refractivity contribution in [2.75, 3.05) is 19.6 Å². The van der Waals surface area contributed by atoms with Crippen molar-refractivity contribution in [2.24, 2.45) is 17.3 Å². The third-order valence-corrected chi connectivity index (χ3v) is 4.11. The highest BCUT2D eigenvalue weighted by atomic mass is 19.4. The van der Waals surface area contributed by atoms with E-state index in [0.29, 0.717) is 13.1 Å². The fraction of sp³-hybridized carbons (Fsp3) is 0.846. The summed E-state index contributed by atoms with van der Waals surface area (Å²) in [5.74, 6) is -7.00. The number of nitrogens with zero attached hydrogens (tertiary/aromatic N) is 1. The van der Waals surface area contributed by atoms with Crippen molar-refractivity contribution in [2.45, 2.75) is 33.1 Å². The van der Waals surface area contributed by atoms with E-state index in [2.05, 4.69) is 0 Å². The summed E-state index contributed by atoms with van der Waals surface area (Å²) in [5.41, 5.74) is -0.208. The minimum absolute atomic E-state index is 0.125. The molecule has 0 aromatic carbocycles. The molecule has 0 aliphatic carbocycles. The van der Waals surface area contributed by atoms with Gasteiger partial charge in [0.25, 0.3) is 0 Å². The molecule has 1 atom stereocenters. The van der Waals surface area contributed by atoms with Gasteiger partial charge in [-0.2, -0.15) is 26.3 Å². The number of nitrogens with one attached hydrogen (secondary N) is 1. The van der Waals surface area contributed by atoms with Gasteiger partial charge in [-0.15, -0.1) is 0 Å². The quantitative estimate of drug-likeness (QED) is 0.796. The lowest BCUT2D eigenvalue weighted by Crippen LogP contribution is -2.50. The van der Waals surface area contributed by atoms with E-state index in [0.717, 1.165) is 0 Å². The van der Waals surface area contributed by atoms with Crippen molar-refractivity contribution >= 4 is 11.8 Å². The van der Waals surface area contributed by atoms with Gasteiger partial charge in [0.2, 0.25) is 17.7 Å². The fourth-order valence-corrected chi connectivity index (χ4v) is 2.34. The smallest absolute Gasteiger partial charge is 0.346 e. The average molecular weight is 348 g/mol. The van der Waals surface area contributed by atoms with E-state index in [-0.39, 0.29) is 11.3 Å². The average Bonchev–Trinajstić information content (AvgIpc) is 2.57. The van der Waals surface area contributed by atoms with Crippen molar-refractivity contribution in [1.82, 2.24) is 10.2 Å². The summed E-state index contributed by atoms with van der Waals surface area (Å²) >= 11 is 0. The summed E-state index contributed by atoms with van der Waals surface area (Å²) < 4.78 is 74.2. The molecule has 0 aromatic heterocycles. The zero-order valence-corrected chi connectivity index (χ0v) is 12.8. The van der Waals surface area contributed by atoms with Gasteiger partial charge in [-0.25, -0.2) is 0 Å². The molecule has 10 heteroatoms. The second-order valence-electron chi connectivity index (χ2n) is 6.40. The summed E-state index contributed by atoms with van der Waals surface area (Å²) in [6, 6.07) is 0. The van der Waals surface area contributed by atoms with Crippen LogP contribution in [-0.4, -0.2) is 48.7 Å². The van der Waals surface area contributed by atoms with Gasteiger partial charge < -0.3 is 10.2 Å². The van der Waals surface area contributed by atoms with Gasteiger partial charge in [0, 0.05) is 13.1 Å². The van der Waals surface area contributed by atoms with Gasteiger partial charge >= 0.3 is 12.4 Å². The van der Waals surface area contributed by atoms with Gasteiger partial charge in [-0.3, -0.25) is 9.59 Å². The highest BCUT2D eigenvalue weighted by Crippen LogP contribution is 2.39. The summed E-state index contributed by atoms with van der Waals surface area (Å²) in [6.07, 6.45) is -11.5. The predicted octanol–water partition coefficient (Wildman–Crippen LogP) is 2.35. The second-order valence-corrected chi connectivity index (χ2v) is 6.40. The molecule has 1 rings (SSSR count). The van der Waals surface area contributed by atoms with Gasteiger partial charge in [-0.1, -0.05) is 20.8 Å². The number of hydrogen-bond donors (Lipinski definition) is 1. The van der Waals surface area contributed by atoms with Crippen LogP contribution in [0.4, 0.5) is 26.3 Å². The van der Waals surface area contributed by atoms with Crippen molar-refractivity contribution < 1.29 is 35.9 Å². The third-order valence-electron chi connectivity index (χ3n) is 4.11. The molecule has 1 aliphatic heterocycles. The highest BCUT2D eigenvalue weighted by molar-refractivity contribution is 5.86. The maximum atomic E-state index is 12.4. The Morgan fingerprint density at radius 1 is 1.17 bits per heavy atom. The zero-order valence-electron chi connectivity index (χ0n) is 12.8. The van der Waals surface area contributed by atoms with Crippen LogP contribution < -0.4 is 5.32 Å². The maximum Gasteiger partial charge on any atom is 0.409 e. The molecular formula is C13H18F6N2O2. The largest absolute Gasteiger partial charge is 0.409 e. The first-order chi connectivity index (χ1) is 10.2. The summed E-state index contributed by atoms with van der Waals surface area (Å²) in [6.45, 7) is 5.44. The van der Waals surface area contributed by atoms with E-state index >= 15 is 0 Å². The van der Waals surface area contributed by atoms with E-state index in [1.54, 1.807) is 0 Å². The molecule has 1 heterocycles. The van der Waals surface area contributed by atoms with E-state index in [1.807, 2.05) is 20.8 Å². The molecule has 2 amide bonds. The summed E-state index contributed by atoms with van der Waals surface area (Å²) in [5, 5.41) is 1.44. The number of halogens is 6. The first-order valence-electron chi connectivity index (χ1n) is 6.85. The Morgan fingerprint density at radius 3 is 2.00 bits per heavy atom. The molecule has 23 heavy (non-hydrogen) atoms. The molecule has 0 spiro atoms. The van der Waals surface area contributed by atoms with E-state index in [1.165, 1.54) is 10.2 Å². The Morgan fingerprint density at radius 2 is 1.65 bits per heavy atom. The van der Waals surface area contributed by atoms with Crippen molar-refractivity contribution in [1.29, 1.82) is 0 Å². The lowest BCUT2D eigenvalue weighted by Gasteiger charge is -2.23. The van der Waals surface area contributed by atoms with Crippen LogP contribution in [0.3, 0.4) is 0 Å². The zero-order chi connectivity index (χ0) is 18.2. The molecule has 0 radical (unpaired) electrons. The number of carbonyl (C=O) groups is 2. The number of amides is 2. The SMILES string of the molecule is CC1CN(C(=O)CNC(=O)C(C(F)(F)F)C(F)(F)F)CC1(C)C. The van der Waals surface area contributed by atoms with Crippen molar-refractivity contribution in [3.63, 3.8) is 0 Å². The first kappa shape index (κ1) is 19.6. The van der Waals surface area contributed by atoms with Gasteiger partial charge in [0.15, 0.2) is 0 Å². The molecule has 4 nitrogen and oxygen atoms in total. The highest BCUT2D eigenvalue weighted by Gasteiger charge is 2.61. The maximum absolute atomic E-state index is 12.4. The minimum atomic E-state index is -5.77. The topological polar surface area (TPSA) is 49.4 Å². The number of hydrogen-bond acceptors (Lipinski definition) is 2. The molecule has 1 saturated heterocycles. The monoisotopic (exact) mass is 348 g/mol. The lowest BCUT2D eigenvalue weighted by molar-refractivity contribution is -0.274. The van der Waals surface area contributed by atoms with Crippen LogP contribution in [-0.2, 0) is 9.59 Å². The Kier molecular flexibility index (Phi) is 5.27. The van der Waals surface area contributed by atoms with E-state index in [9.17, 15) is 35.9 Å². The van der Waals surface area contributed by atoms with Crippen molar-refractivity contribution in [3.8, 4) is 0 Å². The molecule has 1 fully saturated rings. The third kappa shape index (κ3) is 4.74. The summed E-state index contributed by atoms with van der Waals surface area (Å²) in [4.78, 5) is 24.4. The fourth-order valence-electron chi connectivity index (χ4n) is 2.34. The number of likely N-dealkylation sites (tertiary alicyclic amines) is 1. The first-order valence-corrected chi connectivity index (χ1v) is 6.85. The Balaban J connectivity index is 2.67. The van der Waals surface area contributed by atoms with E-state index in [4.69, 9.17) is 0 Å². The number of rotatable bonds is 3. The van der Waals surface area contributed by atoms with Crippen LogP contribution in [0, 0.1) is 17.3 Å². The minimum Gasteiger partial charge on any atom is -0.346 e. The van der Waals surface area contributed by atoms with Gasteiger partial charge in [0.05, 0.1) is 6.54 Å². The second kappa shape index (κ2) is 6.20. The van der Waals surface area contributed by atoms with Crippen LogP contribution in [0.1, 0.15) is 20.8 Å². The Hall–Kier alpha value is -1.48.